The zero-order valence-electron chi connectivity index (χ0n) is 11.1. The quantitative estimate of drug-likeness (QED) is 0.689. The Bertz CT molecular complexity index is 615. The van der Waals surface area contributed by atoms with Crippen LogP contribution in [0, 0.1) is 0 Å². The van der Waals surface area contributed by atoms with E-state index >= 15 is 0 Å². The van der Waals surface area contributed by atoms with Crippen molar-refractivity contribution < 1.29 is 13.0 Å². The molecular formula is C14H19O3PS. The minimum atomic E-state index is -4.07. The topological polar surface area (TPSA) is 54.4 Å². The van der Waals surface area contributed by atoms with Crippen molar-refractivity contribution >= 4 is 22.7 Å². The van der Waals surface area contributed by atoms with E-state index in [4.69, 9.17) is 4.55 Å². The molecular weight excluding hydrogens is 279 g/mol. The van der Waals surface area contributed by atoms with Crippen LogP contribution in [0.25, 0.3) is 0 Å². The second-order valence-corrected chi connectivity index (χ2v) is 11.6. The average Bonchev–Trinajstić information content (AvgIpc) is 2.39. The van der Waals surface area contributed by atoms with Gasteiger partial charge in [0, 0.05) is 0 Å². The van der Waals surface area contributed by atoms with Gasteiger partial charge in [0.1, 0.15) is 0 Å². The van der Waals surface area contributed by atoms with E-state index < -0.39 is 17.4 Å². The fourth-order valence-electron chi connectivity index (χ4n) is 2.41. The van der Waals surface area contributed by atoms with Crippen molar-refractivity contribution in [3.05, 3.63) is 53.5 Å². The Morgan fingerprint density at radius 1 is 1.21 bits per heavy atom. The molecule has 0 bridgehead atoms. The molecule has 1 aromatic carbocycles. The maximum absolute atomic E-state index is 11.1. The summed E-state index contributed by atoms with van der Waals surface area (Å²) in [5, 5.41) is 1.35. The van der Waals surface area contributed by atoms with Gasteiger partial charge in [-0.05, 0) is 0 Å². The summed E-state index contributed by atoms with van der Waals surface area (Å²) >= 11 is 0. The molecule has 1 aliphatic rings. The Morgan fingerprint density at radius 3 is 2.32 bits per heavy atom. The van der Waals surface area contributed by atoms with E-state index in [9.17, 15) is 8.42 Å². The van der Waals surface area contributed by atoms with Gasteiger partial charge in [-0.2, -0.15) is 0 Å². The van der Waals surface area contributed by atoms with Gasteiger partial charge in [0.2, 0.25) is 0 Å². The molecule has 0 radical (unpaired) electrons. The van der Waals surface area contributed by atoms with Gasteiger partial charge in [-0.1, -0.05) is 0 Å². The second kappa shape index (κ2) is 5.20. The molecule has 104 valence electrons. The molecule has 2 rings (SSSR count). The Labute approximate surface area is 115 Å². The van der Waals surface area contributed by atoms with Crippen molar-refractivity contribution in [3.8, 4) is 0 Å². The number of benzene rings is 1. The summed E-state index contributed by atoms with van der Waals surface area (Å²) in [6.07, 6.45) is 5.75. The van der Waals surface area contributed by atoms with E-state index in [1.807, 2.05) is 24.3 Å². The summed E-state index contributed by atoms with van der Waals surface area (Å²) in [7, 11) is -5.74. The van der Waals surface area contributed by atoms with Crippen molar-refractivity contribution in [3.63, 3.8) is 0 Å². The first-order valence-corrected chi connectivity index (χ1v) is 10.7. The van der Waals surface area contributed by atoms with Crippen LogP contribution in [0.15, 0.2) is 53.5 Å². The molecule has 0 fully saturated rings. The third-order valence-corrected chi connectivity index (χ3v) is 8.81. The molecule has 3 nitrogen and oxygen atoms in total. The molecule has 0 aromatic heterocycles. The molecule has 0 heterocycles. The molecule has 0 saturated carbocycles. The summed E-state index contributed by atoms with van der Waals surface area (Å²) in [6.45, 7) is 4.56. The van der Waals surface area contributed by atoms with Gasteiger partial charge in [0.05, 0.1) is 0 Å². The summed E-state index contributed by atoms with van der Waals surface area (Å²) in [5.41, 5.74) is 0.348. The van der Waals surface area contributed by atoms with Crippen molar-refractivity contribution in [1.29, 1.82) is 0 Å². The molecule has 1 N–H and O–H groups in total. The molecule has 0 aliphatic heterocycles. The van der Waals surface area contributed by atoms with Crippen LogP contribution in [-0.4, -0.2) is 32.0 Å². The van der Waals surface area contributed by atoms with Gasteiger partial charge in [-0.3, -0.25) is 0 Å². The van der Waals surface area contributed by atoms with Crippen molar-refractivity contribution in [1.82, 2.24) is 0 Å². The first-order chi connectivity index (χ1) is 8.82. The summed E-state index contributed by atoms with van der Waals surface area (Å²) in [4.78, 5) is 0.0154. The van der Waals surface area contributed by atoms with Crippen LogP contribution < -0.4 is 5.30 Å². The monoisotopic (exact) mass is 298 g/mol. The average molecular weight is 298 g/mol. The zero-order chi connectivity index (χ0) is 14.1. The molecule has 0 spiro atoms. The van der Waals surface area contributed by atoms with Crippen LogP contribution in [0.3, 0.4) is 0 Å². The van der Waals surface area contributed by atoms with E-state index in [1.165, 1.54) is 11.4 Å². The van der Waals surface area contributed by atoms with Crippen LogP contribution in [0.2, 0.25) is 0 Å². The maximum atomic E-state index is 11.1. The fraction of sp³-hybridized carbons (Fsp3) is 0.286. The number of rotatable bonds is 3. The first-order valence-electron chi connectivity index (χ1n) is 6.23. The van der Waals surface area contributed by atoms with Gasteiger partial charge in [0.15, 0.2) is 0 Å². The molecule has 1 aliphatic carbocycles. The summed E-state index contributed by atoms with van der Waals surface area (Å²) < 4.78 is 31.1. The second-order valence-electron chi connectivity index (χ2n) is 5.37. The van der Waals surface area contributed by atoms with Crippen LogP contribution in [0.4, 0.5) is 0 Å². The molecule has 1 unspecified atom stereocenters. The van der Waals surface area contributed by atoms with E-state index in [0.717, 1.165) is 0 Å². The van der Waals surface area contributed by atoms with Gasteiger partial charge < -0.3 is 0 Å². The molecule has 0 saturated heterocycles. The van der Waals surface area contributed by atoms with Crippen LogP contribution in [0.1, 0.15) is 6.42 Å². The van der Waals surface area contributed by atoms with Gasteiger partial charge in [0.25, 0.3) is 0 Å². The summed E-state index contributed by atoms with van der Waals surface area (Å²) in [6, 6.07) is 10.4. The SMILES string of the molecule is C[PH](C)(c1ccccc1)C1C=CC(S(=O)(=O)O)=CC1. The van der Waals surface area contributed by atoms with E-state index in [0.29, 0.717) is 12.1 Å². The molecule has 5 heteroatoms. The van der Waals surface area contributed by atoms with Crippen molar-refractivity contribution in [2.24, 2.45) is 0 Å². The van der Waals surface area contributed by atoms with Gasteiger partial charge in [-0.25, -0.2) is 0 Å². The Morgan fingerprint density at radius 2 is 1.84 bits per heavy atom. The molecule has 19 heavy (non-hydrogen) atoms. The van der Waals surface area contributed by atoms with Crippen LogP contribution in [-0.2, 0) is 10.1 Å². The standard InChI is InChI=1S/C14H19O3PS/c1-18(2,12-6-4-3-5-7-12)13-8-10-14(11-9-13)19(15,16)17/h3-8,10-11,13,18H,9H2,1-2H3,(H,15,16,17). The third-order valence-electron chi connectivity index (χ3n) is 3.81. The molecule has 1 atom stereocenters. The Balaban J connectivity index is 2.23. The minimum absolute atomic E-state index is 0.0154. The van der Waals surface area contributed by atoms with Crippen LogP contribution in [0.5, 0.6) is 0 Å². The first kappa shape index (κ1) is 14.4. The summed E-state index contributed by atoms with van der Waals surface area (Å²) in [5.74, 6) is 0. The van der Waals surface area contributed by atoms with E-state index in [2.05, 4.69) is 25.5 Å². The third kappa shape index (κ3) is 3.14. The zero-order valence-corrected chi connectivity index (χ0v) is 12.9. The van der Waals surface area contributed by atoms with Crippen molar-refractivity contribution in [2.75, 3.05) is 13.3 Å². The number of hydrogen-bond acceptors (Lipinski definition) is 2. The molecule has 1 aromatic rings. The van der Waals surface area contributed by atoms with Gasteiger partial charge in [-0.15, -0.1) is 0 Å². The van der Waals surface area contributed by atoms with Crippen molar-refractivity contribution in [2.45, 2.75) is 12.1 Å². The van der Waals surface area contributed by atoms with Gasteiger partial charge >= 0.3 is 115 Å². The fourth-order valence-corrected chi connectivity index (χ4v) is 5.73. The Kier molecular flexibility index (Phi) is 3.95. The molecule has 0 amide bonds. The predicted octanol–water partition coefficient (Wildman–Crippen LogP) is 2.42. The Hall–Kier alpha value is -0.960. The number of allylic oxidation sites excluding steroid dienone is 3. The van der Waals surface area contributed by atoms with E-state index in [-0.39, 0.29) is 4.91 Å². The van der Waals surface area contributed by atoms with Crippen LogP contribution >= 0.6 is 7.26 Å². The predicted molar refractivity (Wildman–Crippen MR) is 83.4 cm³/mol. The number of hydrogen-bond donors (Lipinski definition) is 1. The normalized spacial score (nSPS) is 21.0. The van der Waals surface area contributed by atoms with E-state index in [1.54, 1.807) is 6.08 Å².